The number of amides is 3. The second kappa shape index (κ2) is 15.6. The van der Waals surface area contributed by atoms with Gasteiger partial charge in [-0.25, -0.2) is 0 Å². The maximum absolute atomic E-state index is 13.6. The van der Waals surface area contributed by atoms with Gasteiger partial charge in [0.05, 0.1) is 21.3 Å². The van der Waals surface area contributed by atoms with Crippen molar-refractivity contribution in [2.24, 2.45) is 5.92 Å². The van der Waals surface area contributed by atoms with Crippen molar-refractivity contribution in [1.82, 2.24) is 5.32 Å². The number of hydrogen-bond donors (Lipinski definition) is 3. The molecule has 48 heavy (non-hydrogen) atoms. The molecule has 0 fully saturated rings. The predicted molar refractivity (Wildman–Crippen MR) is 189 cm³/mol. The summed E-state index contributed by atoms with van der Waals surface area (Å²) in [5, 5.41) is 30.0. The molecule has 0 aliphatic heterocycles. The van der Waals surface area contributed by atoms with Crippen molar-refractivity contribution in [2.45, 2.75) is 49.7 Å². The minimum Gasteiger partial charge on any atom is -0.321 e. The number of nitro benzene ring substituents is 1. The quantitative estimate of drug-likeness (QED) is 0.0639. The second-order valence-corrected chi connectivity index (χ2v) is 13.7. The molecule has 1 aromatic heterocycles. The van der Waals surface area contributed by atoms with Gasteiger partial charge >= 0.3 is 0 Å². The van der Waals surface area contributed by atoms with Crippen molar-refractivity contribution < 1.29 is 19.3 Å². The number of rotatable bonds is 11. The third-order valence-corrected chi connectivity index (χ3v) is 10.4. The number of carbonyl (C=O) groups is 3. The Hall–Kier alpha value is -5.25. The monoisotopic (exact) mass is 679 g/mol. The molecule has 1 heterocycles. The Kier molecular flexibility index (Phi) is 11.1. The molecule has 0 spiro atoms. The lowest BCUT2D eigenvalue weighted by atomic mass is 9.88. The van der Waals surface area contributed by atoms with Crippen LogP contribution in [0.25, 0.3) is 6.08 Å². The van der Waals surface area contributed by atoms with E-state index < -0.39 is 22.0 Å². The Morgan fingerprint density at radius 3 is 2.56 bits per heavy atom. The Bertz CT molecular complexity index is 1930. The first-order chi connectivity index (χ1) is 23.2. The van der Waals surface area contributed by atoms with E-state index in [1.54, 1.807) is 54.6 Å². The molecule has 2 atom stereocenters. The number of thiophene rings is 1. The molecule has 2 unspecified atom stereocenters. The molecule has 0 saturated carbocycles. The van der Waals surface area contributed by atoms with Gasteiger partial charge in [-0.2, -0.15) is 5.26 Å². The van der Waals surface area contributed by atoms with Crippen LogP contribution in [0.5, 0.6) is 0 Å². The van der Waals surface area contributed by atoms with E-state index in [-0.39, 0.29) is 22.9 Å². The predicted octanol–water partition coefficient (Wildman–Crippen LogP) is 7.57. The zero-order valence-corrected chi connectivity index (χ0v) is 28.0. The van der Waals surface area contributed by atoms with Crippen LogP contribution in [0, 0.1) is 27.4 Å². The van der Waals surface area contributed by atoms with Crippen molar-refractivity contribution >= 4 is 63.3 Å². The lowest BCUT2D eigenvalue weighted by molar-refractivity contribution is -0.385. The molecule has 12 heteroatoms. The second-order valence-electron chi connectivity index (χ2n) is 11.3. The maximum atomic E-state index is 13.6. The summed E-state index contributed by atoms with van der Waals surface area (Å²) in [4.78, 5) is 53.0. The zero-order valence-electron chi connectivity index (χ0n) is 26.3. The molecule has 244 valence electrons. The summed E-state index contributed by atoms with van der Waals surface area (Å²) in [5.74, 6) is -0.915. The summed E-state index contributed by atoms with van der Waals surface area (Å²) in [7, 11) is 0. The van der Waals surface area contributed by atoms with Crippen LogP contribution in [0.15, 0.2) is 89.5 Å². The van der Waals surface area contributed by atoms with Crippen LogP contribution in [0.3, 0.4) is 0 Å². The van der Waals surface area contributed by atoms with E-state index in [4.69, 9.17) is 0 Å². The fourth-order valence-electron chi connectivity index (χ4n) is 5.36. The van der Waals surface area contributed by atoms with Crippen molar-refractivity contribution in [1.29, 1.82) is 5.26 Å². The lowest BCUT2D eigenvalue weighted by Gasteiger charge is -2.17. The minimum atomic E-state index is -0.690. The molecule has 1 aliphatic rings. The summed E-state index contributed by atoms with van der Waals surface area (Å²) in [6.07, 6.45) is 4.55. The van der Waals surface area contributed by atoms with Crippen LogP contribution in [-0.2, 0) is 22.4 Å². The highest BCUT2D eigenvalue weighted by Crippen LogP contribution is 2.40. The summed E-state index contributed by atoms with van der Waals surface area (Å²) in [6, 6.07) is 23.4. The van der Waals surface area contributed by atoms with Crippen LogP contribution < -0.4 is 16.0 Å². The van der Waals surface area contributed by atoms with E-state index in [0.29, 0.717) is 39.0 Å². The van der Waals surface area contributed by atoms with Gasteiger partial charge in [0, 0.05) is 27.1 Å². The van der Waals surface area contributed by atoms with Gasteiger partial charge in [0.15, 0.2) is 0 Å². The Morgan fingerprint density at radius 2 is 1.83 bits per heavy atom. The van der Waals surface area contributed by atoms with E-state index >= 15 is 0 Å². The molecule has 4 aromatic rings. The van der Waals surface area contributed by atoms with Gasteiger partial charge in [-0.3, -0.25) is 24.5 Å². The van der Waals surface area contributed by atoms with Gasteiger partial charge in [-0.15, -0.1) is 23.1 Å². The summed E-state index contributed by atoms with van der Waals surface area (Å²) in [5.41, 5.74) is 2.04. The van der Waals surface area contributed by atoms with Crippen LogP contribution in [0.4, 0.5) is 16.4 Å². The summed E-state index contributed by atoms with van der Waals surface area (Å²) < 4.78 is 0. The summed E-state index contributed by atoms with van der Waals surface area (Å²) in [6.45, 7) is 4.10. The van der Waals surface area contributed by atoms with Crippen molar-refractivity contribution in [3.63, 3.8) is 0 Å². The van der Waals surface area contributed by atoms with Crippen LogP contribution >= 0.6 is 23.1 Å². The Balaban J connectivity index is 1.33. The molecule has 5 rings (SSSR count). The molecule has 3 N–H and O–H groups in total. The molecule has 10 nitrogen and oxygen atoms in total. The van der Waals surface area contributed by atoms with Gasteiger partial charge in [-0.05, 0) is 79.6 Å². The van der Waals surface area contributed by atoms with Gasteiger partial charge in [-0.1, -0.05) is 50.2 Å². The van der Waals surface area contributed by atoms with Crippen molar-refractivity contribution in [2.75, 3.05) is 10.6 Å². The first-order valence-electron chi connectivity index (χ1n) is 15.4. The van der Waals surface area contributed by atoms with Crippen LogP contribution in [-0.4, -0.2) is 27.9 Å². The molecule has 3 amide bonds. The molecule has 3 aromatic carbocycles. The fourth-order valence-corrected chi connectivity index (χ4v) is 7.73. The fraction of sp³-hybridized carbons (Fsp3) is 0.222. The van der Waals surface area contributed by atoms with E-state index in [1.807, 2.05) is 13.0 Å². The topological polar surface area (TPSA) is 154 Å². The van der Waals surface area contributed by atoms with E-state index in [1.165, 1.54) is 52.3 Å². The number of carbonyl (C=O) groups excluding carboxylic acids is 3. The number of nitro groups is 1. The maximum Gasteiger partial charge on any atom is 0.276 e. The molecule has 0 radical (unpaired) electrons. The Labute approximate surface area is 286 Å². The van der Waals surface area contributed by atoms with Gasteiger partial charge in [0.1, 0.15) is 16.8 Å². The number of anilines is 2. The zero-order chi connectivity index (χ0) is 34.2. The van der Waals surface area contributed by atoms with E-state index in [0.717, 1.165) is 24.8 Å². The standard InChI is InChI=1S/C36H33N5O5S2/c1-3-31(35(44)40-36-28(21-37)27-17-16-22(2)18-32(27)48-36)47-26-14-9-13-25(20-26)38-34(43)29(39-33(42)23-10-5-4-6-11-23)19-24-12-7-8-15-30(24)41(45)46/h4-15,19-20,22,31H,3,16-18H2,1-2H3,(H,38,43)(H,39,42)(H,40,44)/b29-19+. The van der Waals surface area contributed by atoms with Crippen molar-refractivity contribution in [3.8, 4) is 6.07 Å². The lowest BCUT2D eigenvalue weighted by Crippen LogP contribution is -2.30. The number of hydrogen-bond acceptors (Lipinski definition) is 8. The average Bonchev–Trinajstić information content (AvgIpc) is 3.43. The number of thioether (sulfide) groups is 1. The van der Waals surface area contributed by atoms with Crippen LogP contribution in [0.2, 0.25) is 0 Å². The number of nitrogens with zero attached hydrogens (tertiary/aromatic N) is 2. The highest BCUT2D eigenvalue weighted by Gasteiger charge is 2.27. The SMILES string of the molecule is CCC(Sc1cccc(NC(=O)/C(=C\c2ccccc2[N+](=O)[O-])NC(=O)c2ccccc2)c1)C(=O)Nc1sc2c(c1C#N)CCC(C)C2. The molecular weight excluding hydrogens is 647 g/mol. The number of fused-ring (bicyclic) bond motifs is 1. The number of nitriles is 1. The third kappa shape index (κ3) is 8.17. The molecule has 0 saturated heterocycles. The number of benzene rings is 3. The smallest absolute Gasteiger partial charge is 0.276 e. The number of nitrogens with one attached hydrogen (secondary N) is 3. The molecule has 1 aliphatic carbocycles. The normalized spacial score (nSPS) is 14.6. The summed E-state index contributed by atoms with van der Waals surface area (Å²) >= 11 is 2.82. The first kappa shape index (κ1) is 34.1. The highest BCUT2D eigenvalue weighted by molar-refractivity contribution is 8.00. The largest absolute Gasteiger partial charge is 0.321 e. The third-order valence-electron chi connectivity index (χ3n) is 7.86. The first-order valence-corrected chi connectivity index (χ1v) is 17.1. The molecule has 0 bridgehead atoms. The van der Waals surface area contributed by atoms with E-state index in [2.05, 4.69) is 28.9 Å². The minimum absolute atomic E-state index is 0.141. The Morgan fingerprint density at radius 1 is 1.08 bits per heavy atom. The highest BCUT2D eigenvalue weighted by atomic mass is 32.2. The number of para-hydroxylation sites is 1. The van der Waals surface area contributed by atoms with E-state index in [9.17, 15) is 29.8 Å². The van der Waals surface area contributed by atoms with Crippen LogP contribution in [0.1, 0.15) is 58.6 Å². The average molecular weight is 680 g/mol. The molecular formula is C36H33N5O5S2. The van der Waals surface area contributed by atoms with Gasteiger partial charge < -0.3 is 16.0 Å². The van der Waals surface area contributed by atoms with Gasteiger partial charge in [0.2, 0.25) is 5.91 Å². The van der Waals surface area contributed by atoms with Gasteiger partial charge in [0.25, 0.3) is 17.5 Å². The van der Waals surface area contributed by atoms with Crippen molar-refractivity contribution in [3.05, 3.63) is 122 Å².